The van der Waals surface area contributed by atoms with E-state index in [0.717, 1.165) is 53.5 Å². The van der Waals surface area contributed by atoms with Gasteiger partial charge in [0.25, 0.3) is 0 Å². The van der Waals surface area contributed by atoms with Crippen LogP contribution in [-0.4, -0.2) is 90.4 Å². The molecular weight excluding hydrogens is 580 g/mol. The van der Waals surface area contributed by atoms with E-state index in [2.05, 4.69) is 42.5 Å². The SMILES string of the molecule is C.CNCCCN(C)Cc1c[nH]c2ncnc(Nc3ccc(OCCN(C)c4nccs4)c(OCC(=O)OC(C)(C)C)c3)c12. The number of nitrogens with zero attached hydrogens (tertiary/aromatic N) is 5. The molecule has 12 nitrogen and oxygen atoms in total. The quantitative estimate of drug-likeness (QED) is 0.114. The Morgan fingerprint density at radius 2 is 1.91 bits per heavy atom. The standard InChI is InChI=1S/C30H42N8O4S.CH4/c1-30(2,3)42-25(39)19-41-24-16-22(8-9-23(24)40-14-13-38(6)29-32-11-15-43-29)36-28-26-21(17-33-27(26)34-20-35-28)18-37(5)12-7-10-31-4;/h8-9,11,15-17,20,31H,7,10,12-14,18-19H2,1-6H3,(H2,33,34,35,36);1H4. The molecular formula is C31H46N8O4S. The Kier molecular flexibility index (Phi) is 12.7. The normalized spacial score (nSPS) is 11.3. The molecule has 0 saturated carbocycles. The highest BCUT2D eigenvalue weighted by molar-refractivity contribution is 7.13. The topological polar surface area (TPSA) is 130 Å². The summed E-state index contributed by atoms with van der Waals surface area (Å²) in [6.45, 7) is 8.90. The van der Waals surface area contributed by atoms with Crippen LogP contribution < -0.4 is 25.0 Å². The van der Waals surface area contributed by atoms with Gasteiger partial charge in [0, 0.05) is 43.1 Å². The Bertz CT molecular complexity index is 1450. The fraction of sp³-hybridized carbons (Fsp3) is 0.484. The van der Waals surface area contributed by atoms with E-state index in [1.54, 1.807) is 23.6 Å². The molecule has 0 aliphatic rings. The van der Waals surface area contributed by atoms with Gasteiger partial charge >= 0.3 is 5.97 Å². The summed E-state index contributed by atoms with van der Waals surface area (Å²) in [7, 11) is 6.03. The van der Waals surface area contributed by atoms with Gasteiger partial charge in [-0.25, -0.2) is 19.7 Å². The lowest BCUT2D eigenvalue weighted by atomic mass is 10.2. The molecule has 3 heterocycles. The predicted octanol–water partition coefficient (Wildman–Crippen LogP) is 5.07. The number of H-pyrrole nitrogens is 1. The average Bonchev–Trinajstić information content (AvgIpc) is 3.63. The number of likely N-dealkylation sites (N-methyl/N-ethyl adjacent to an activating group) is 1. The summed E-state index contributed by atoms with van der Waals surface area (Å²) >= 11 is 1.57. The number of ether oxygens (including phenoxy) is 3. The molecule has 0 atom stereocenters. The molecule has 44 heavy (non-hydrogen) atoms. The van der Waals surface area contributed by atoms with Crippen LogP contribution in [0.5, 0.6) is 11.5 Å². The summed E-state index contributed by atoms with van der Waals surface area (Å²) in [6, 6.07) is 5.51. The fourth-order valence-corrected chi connectivity index (χ4v) is 5.03. The Morgan fingerprint density at radius 1 is 1.09 bits per heavy atom. The third kappa shape index (κ3) is 10.1. The van der Waals surface area contributed by atoms with Gasteiger partial charge in [0.1, 0.15) is 30.0 Å². The van der Waals surface area contributed by atoms with Gasteiger partial charge in [-0.05, 0) is 72.1 Å². The van der Waals surface area contributed by atoms with Crippen LogP contribution in [0.25, 0.3) is 11.0 Å². The van der Waals surface area contributed by atoms with Gasteiger partial charge in [-0.1, -0.05) is 7.43 Å². The van der Waals surface area contributed by atoms with Crippen LogP contribution in [0.15, 0.2) is 42.3 Å². The Balaban J connectivity index is 0.00000529. The van der Waals surface area contributed by atoms with Gasteiger partial charge in [-0.2, -0.15) is 0 Å². The van der Waals surface area contributed by atoms with Crippen LogP contribution in [0.3, 0.4) is 0 Å². The molecule has 0 fully saturated rings. The zero-order valence-electron chi connectivity index (χ0n) is 25.8. The van der Waals surface area contributed by atoms with Crippen molar-refractivity contribution in [2.45, 2.75) is 46.8 Å². The number of aromatic nitrogens is 4. The first-order valence-corrected chi connectivity index (χ1v) is 15.1. The van der Waals surface area contributed by atoms with E-state index < -0.39 is 11.6 Å². The number of carbonyl (C=O) groups excluding carboxylic acids is 1. The Hall–Kier alpha value is -3.94. The van der Waals surface area contributed by atoms with Gasteiger partial charge in [0.05, 0.1) is 11.9 Å². The van der Waals surface area contributed by atoms with Gasteiger partial charge in [-0.15, -0.1) is 11.3 Å². The van der Waals surface area contributed by atoms with E-state index in [-0.39, 0.29) is 14.0 Å². The molecule has 3 N–H and O–H groups in total. The number of rotatable bonds is 16. The van der Waals surface area contributed by atoms with Gasteiger partial charge < -0.3 is 39.6 Å². The molecule has 1 aromatic carbocycles. The molecule has 3 aromatic heterocycles. The van der Waals surface area contributed by atoms with Crippen molar-refractivity contribution in [2.24, 2.45) is 0 Å². The van der Waals surface area contributed by atoms with E-state index in [4.69, 9.17) is 14.2 Å². The number of aromatic amines is 1. The first-order valence-electron chi connectivity index (χ1n) is 14.3. The van der Waals surface area contributed by atoms with Crippen LogP contribution in [0.4, 0.5) is 16.6 Å². The van der Waals surface area contributed by atoms with Crippen LogP contribution in [-0.2, 0) is 16.1 Å². The summed E-state index contributed by atoms with van der Waals surface area (Å²) in [5.74, 6) is 1.13. The molecule has 0 radical (unpaired) electrons. The molecule has 0 saturated heterocycles. The second-order valence-corrected chi connectivity index (χ2v) is 12.1. The molecule has 4 rings (SSSR count). The lowest BCUT2D eigenvalue weighted by Crippen LogP contribution is -2.27. The third-order valence-corrected chi connectivity index (χ3v) is 7.25. The Morgan fingerprint density at radius 3 is 2.64 bits per heavy atom. The number of esters is 1. The lowest BCUT2D eigenvalue weighted by Gasteiger charge is -2.21. The minimum absolute atomic E-state index is 0. The van der Waals surface area contributed by atoms with E-state index >= 15 is 0 Å². The number of fused-ring (bicyclic) bond motifs is 1. The number of thiazole rings is 1. The molecule has 0 bridgehead atoms. The van der Waals surface area contributed by atoms with Crippen molar-refractivity contribution in [1.29, 1.82) is 0 Å². The summed E-state index contributed by atoms with van der Waals surface area (Å²) in [5, 5.41) is 10.4. The van der Waals surface area contributed by atoms with Crippen molar-refractivity contribution in [1.82, 2.24) is 30.2 Å². The molecule has 0 aliphatic carbocycles. The maximum Gasteiger partial charge on any atom is 0.344 e. The second kappa shape index (κ2) is 16.2. The minimum Gasteiger partial charge on any atom is -0.488 e. The van der Waals surface area contributed by atoms with Gasteiger partial charge in [0.15, 0.2) is 23.2 Å². The summed E-state index contributed by atoms with van der Waals surface area (Å²) in [5.41, 5.74) is 1.95. The first kappa shape index (κ1) is 34.5. The van der Waals surface area contributed by atoms with Crippen LogP contribution in [0, 0.1) is 0 Å². The van der Waals surface area contributed by atoms with Crippen molar-refractivity contribution in [2.75, 3.05) is 64.2 Å². The van der Waals surface area contributed by atoms with Gasteiger partial charge in [-0.3, -0.25) is 0 Å². The fourth-order valence-electron chi connectivity index (χ4n) is 4.40. The van der Waals surface area contributed by atoms with Gasteiger partial charge in [0.2, 0.25) is 0 Å². The summed E-state index contributed by atoms with van der Waals surface area (Å²) < 4.78 is 17.5. The molecule has 240 valence electrons. The number of hydrogen-bond acceptors (Lipinski definition) is 12. The predicted molar refractivity (Wildman–Crippen MR) is 177 cm³/mol. The number of carbonyl (C=O) groups is 1. The number of benzene rings is 1. The van der Waals surface area contributed by atoms with E-state index in [0.29, 0.717) is 30.5 Å². The summed E-state index contributed by atoms with van der Waals surface area (Å²) in [4.78, 5) is 33.3. The largest absolute Gasteiger partial charge is 0.488 e. The second-order valence-electron chi connectivity index (χ2n) is 11.2. The van der Waals surface area contributed by atoms with Crippen molar-refractivity contribution in [3.05, 3.63) is 47.9 Å². The molecule has 4 aromatic rings. The van der Waals surface area contributed by atoms with Crippen molar-refractivity contribution >= 4 is 45.0 Å². The maximum atomic E-state index is 12.4. The monoisotopic (exact) mass is 626 g/mol. The average molecular weight is 627 g/mol. The maximum absolute atomic E-state index is 12.4. The number of nitrogens with one attached hydrogen (secondary N) is 3. The minimum atomic E-state index is -0.614. The molecule has 0 unspecified atom stereocenters. The molecule has 0 spiro atoms. The number of hydrogen-bond donors (Lipinski definition) is 3. The summed E-state index contributed by atoms with van der Waals surface area (Å²) in [6.07, 6.45) is 6.34. The zero-order valence-corrected chi connectivity index (χ0v) is 26.6. The van der Waals surface area contributed by atoms with Crippen molar-refractivity contribution in [3.8, 4) is 11.5 Å². The molecule has 13 heteroatoms. The van der Waals surface area contributed by atoms with Crippen molar-refractivity contribution < 1.29 is 19.0 Å². The molecule has 0 amide bonds. The van der Waals surface area contributed by atoms with E-state index in [9.17, 15) is 4.79 Å². The number of anilines is 3. The van der Waals surface area contributed by atoms with Crippen LogP contribution in [0.1, 0.15) is 40.2 Å². The Labute approximate surface area is 264 Å². The highest BCUT2D eigenvalue weighted by Gasteiger charge is 2.19. The highest BCUT2D eigenvalue weighted by atomic mass is 32.1. The van der Waals surface area contributed by atoms with E-state index in [1.165, 1.54) is 6.33 Å². The lowest BCUT2D eigenvalue weighted by molar-refractivity contribution is -0.157. The molecule has 0 aliphatic heterocycles. The van der Waals surface area contributed by atoms with E-state index in [1.807, 2.05) is 63.5 Å². The van der Waals surface area contributed by atoms with Crippen LogP contribution in [0.2, 0.25) is 0 Å². The third-order valence-electron chi connectivity index (χ3n) is 6.36. The highest BCUT2D eigenvalue weighted by Crippen LogP contribution is 2.34. The van der Waals surface area contributed by atoms with Crippen LogP contribution >= 0.6 is 11.3 Å². The van der Waals surface area contributed by atoms with Crippen molar-refractivity contribution in [3.63, 3.8) is 0 Å². The first-order chi connectivity index (χ1) is 20.6. The zero-order chi connectivity index (χ0) is 30.8. The smallest absolute Gasteiger partial charge is 0.344 e.